The number of carbonyl (C=O) groups is 1. The number of hydrogen-bond donors (Lipinski definition) is 3. The molecule has 0 unspecified atom stereocenters. The largest absolute Gasteiger partial charge is 0.381 e. The molecule has 0 radical (unpaired) electrons. The molecular weight excluding hydrogens is 448 g/mol. The van der Waals surface area contributed by atoms with E-state index < -0.39 is 0 Å². The van der Waals surface area contributed by atoms with E-state index in [2.05, 4.69) is 37.3 Å². The molecule has 0 bridgehead atoms. The normalized spacial score (nSPS) is 10.6. The highest BCUT2D eigenvalue weighted by atomic mass is 32.1. The van der Waals surface area contributed by atoms with Crippen molar-refractivity contribution in [2.45, 2.75) is 77.6 Å². The van der Waals surface area contributed by atoms with Crippen molar-refractivity contribution in [2.24, 2.45) is 0 Å². The molecule has 0 aliphatic carbocycles. The van der Waals surface area contributed by atoms with E-state index in [0.29, 0.717) is 29.8 Å². The van der Waals surface area contributed by atoms with Gasteiger partial charge in [-0.15, -0.1) is 0 Å². The van der Waals surface area contributed by atoms with Crippen LogP contribution in [0.1, 0.15) is 77.6 Å². The van der Waals surface area contributed by atoms with Crippen LogP contribution >= 0.6 is 11.5 Å². The fourth-order valence-electron chi connectivity index (χ4n) is 3.43. The highest BCUT2D eigenvalue weighted by Crippen LogP contribution is 2.24. The van der Waals surface area contributed by atoms with Gasteiger partial charge in [-0.1, -0.05) is 82.9 Å². The molecule has 2 amide bonds. The van der Waals surface area contributed by atoms with Crippen molar-refractivity contribution in [3.05, 3.63) is 35.7 Å². The molecule has 0 aliphatic rings. The lowest BCUT2D eigenvalue weighted by Gasteiger charge is -2.08. The Morgan fingerprint density at radius 2 is 1.74 bits per heavy atom. The van der Waals surface area contributed by atoms with Crippen LogP contribution in [0.5, 0.6) is 0 Å². The summed E-state index contributed by atoms with van der Waals surface area (Å²) >= 11 is 1.14. The third-order valence-electron chi connectivity index (χ3n) is 5.34. The molecule has 8 nitrogen and oxygen atoms in total. The van der Waals surface area contributed by atoms with Crippen LogP contribution in [0.25, 0.3) is 16.2 Å². The van der Waals surface area contributed by atoms with E-state index >= 15 is 0 Å². The number of carbonyl (C=O) groups excluding carboxylic acids is 1. The lowest BCUT2D eigenvalue weighted by atomic mass is 10.1. The lowest BCUT2D eigenvalue weighted by molar-refractivity contribution is 0.127. The number of hydrazine groups is 1. The van der Waals surface area contributed by atoms with Crippen molar-refractivity contribution in [2.75, 3.05) is 25.2 Å². The number of rotatable bonds is 18. The molecule has 0 saturated heterocycles. The minimum Gasteiger partial charge on any atom is -0.381 e. The molecule has 0 spiro atoms. The second-order valence-corrected chi connectivity index (χ2v) is 8.99. The number of ether oxygens (including phenoxy) is 1. The Morgan fingerprint density at radius 3 is 2.47 bits per heavy atom. The van der Waals surface area contributed by atoms with Crippen LogP contribution in [0.3, 0.4) is 0 Å². The summed E-state index contributed by atoms with van der Waals surface area (Å²) in [5, 5.41) is 3.25. The van der Waals surface area contributed by atoms with Gasteiger partial charge < -0.3 is 10.1 Å². The maximum absolute atomic E-state index is 11.9. The Morgan fingerprint density at radius 1 is 1.03 bits per heavy atom. The lowest BCUT2D eigenvalue weighted by Crippen LogP contribution is -2.39. The molecule has 2 aromatic rings. The monoisotopic (exact) mass is 486 g/mol. The Bertz CT molecular complexity index is 867. The number of unbranched alkanes of at least 4 members (excludes halogenated alkanes) is 9. The number of aromatic nitrogens is 2. The third-order valence-corrected chi connectivity index (χ3v) is 5.97. The van der Waals surface area contributed by atoms with Crippen LogP contribution in [-0.2, 0) is 4.74 Å². The highest BCUT2D eigenvalue weighted by Gasteiger charge is 2.08. The van der Waals surface area contributed by atoms with E-state index in [1.807, 2.05) is 6.07 Å². The second-order valence-electron chi connectivity index (χ2n) is 8.24. The molecule has 186 valence electrons. The molecule has 0 saturated carbocycles. The molecule has 3 N–H and O–H groups in total. The Kier molecular flexibility index (Phi) is 14.4. The average molecular weight is 487 g/mol. The number of nitrogens with one attached hydrogen (secondary N) is 3. The first-order valence-corrected chi connectivity index (χ1v) is 13.2. The zero-order chi connectivity index (χ0) is 24.3. The Balaban J connectivity index is 1.43. The van der Waals surface area contributed by atoms with Crippen molar-refractivity contribution in [3.63, 3.8) is 0 Å². The first-order chi connectivity index (χ1) is 16.7. The predicted molar refractivity (Wildman–Crippen MR) is 139 cm³/mol. The van der Waals surface area contributed by atoms with Crippen LogP contribution in [0.15, 0.2) is 24.3 Å². The van der Waals surface area contributed by atoms with Crippen molar-refractivity contribution in [1.82, 2.24) is 20.1 Å². The number of amides is 2. The molecular formula is C25H38N6O2S. The molecule has 9 heteroatoms. The van der Waals surface area contributed by atoms with Crippen LogP contribution < -0.4 is 16.2 Å². The van der Waals surface area contributed by atoms with E-state index in [-0.39, 0.29) is 6.03 Å². The molecule has 1 heterocycles. The van der Waals surface area contributed by atoms with Gasteiger partial charge in [0, 0.05) is 36.9 Å². The highest BCUT2D eigenvalue weighted by molar-refractivity contribution is 7.09. The fraction of sp³-hybridized carbons (Fsp3) is 0.600. The van der Waals surface area contributed by atoms with Crippen LogP contribution in [0.4, 0.5) is 15.6 Å². The topological polar surface area (TPSA) is 92.5 Å². The van der Waals surface area contributed by atoms with Crippen molar-refractivity contribution in [1.29, 1.82) is 0 Å². The fourth-order valence-corrected chi connectivity index (χ4v) is 3.97. The zero-order valence-corrected chi connectivity index (χ0v) is 21.1. The Labute approximate surface area is 207 Å². The third kappa shape index (κ3) is 12.0. The van der Waals surface area contributed by atoms with Crippen LogP contribution in [-0.4, -0.2) is 35.1 Å². The maximum Gasteiger partial charge on any atom is 0.333 e. The first-order valence-electron chi connectivity index (χ1n) is 12.4. The van der Waals surface area contributed by atoms with E-state index in [9.17, 15) is 4.79 Å². The van der Waals surface area contributed by atoms with Crippen LogP contribution in [0.2, 0.25) is 0 Å². The summed E-state index contributed by atoms with van der Waals surface area (Å²) in [6.07, 6.45) is 14.0. The average Bonchev–Trinajstić information content (AvgIpc) is 3.34. The number of benzene rings is 1. The van der Waals surface area contributed by atoms with E-state index in [1.165, 1.54) is 57.8 Å². The van der Waals surface area contributed by atoms with Crippen molar-refractivity contribution >= 4 is 28.4 Å². The van der Waals surface area contributed by atoms with Gasteiger partial charge in [0.2, 0.25) is 5.13 Å². The molecule has 1 aromatic heterocycles. The van der Waals surface area contributed by atoms with E-state index in [0.717, 1.165) is 36.5 Å². The van der Waals surface area contributed by atoms with E-state index in [1.54, 1.807) is 18.2 Å². The SMILES string of the molecule is [C-]#[N+]c1cccc(-c2nsc(NNC(=O)NCCCOCCCCCCCCCCCC)n2)c1. The van der Waals surface area contributed by atoms with Crippen molar-refractivity contribution < 1.29 is 9.53 Å². The van der Waals surface area contributed by atoms with Gasteiger partial charge in [-0.05, 0) is 18.9 Å². The Hall–Kier alpha value is -2.70. The van der Waals surface area contributed by atoms with Crippen molar-refractivity contribution in [3.8, 4) is 11.4 Å². The number of urea groups is 1. The minimum absolute atomic E-state index is 0.332. The van der Waals surface area contributed by atoms with Gasteiger partial charge in [0.15, 0.2) is 11.5 Å². The smallest absolute Gasteiger partial charge is 0.333 e. The summed E-state index contributed by atoms with van der Waals surface area (Å²) in [6.45, 7) is 11.3. The summed E-state index contributed by atoms with van der Waals surface area (Å²) in [4.78, 5) is 19.7. The first kappa shape index (κ1) is 27.5. The summed E-state index contributed by atoms with van der Waals surface area (Å²) < 4.78 is 9.92. The number of hydrogen-bond acceptors (Lipinski definition) is 6. The van der Waals surface area contributed by atoms with Gasteiger partial charge >= 0.3 is 6.03 Å². The maximum atomic E-state index is 11.9. The molecule has 34 heavy (non-hydrogen) atoms. The van der Waals surface area contributed by atoms with E-state index in [4.69, 9.17) is 11.3 Å². The minimum atomic E-state index is -0.332. The van der Waals surface area contributed by atoms with Gasteiger partial charge in [-0.2, -0.15) is 9.36 Å². The summed E-state index contributed by atoms with van der Waals surface area (Å²) in [7, 11) is 0. The number of anilines is 1. The molecule has 1 aromatic carbocycles. The zero-order valence-electron chi connectivity index (χ0n) is 20.3. The second kappa shape index (κ2) is 17.7. The van der Waals surface area contributed by atoms with Gasteiger partial charge in [-0.25, -0.2) is 15.1 Å². The summed E-state index contributed by atoms with van der Waals surface area (Å²) in [5.74, 6) is 0.514. The molecule has 0 atom stereocenters. The molecule has 2 rings (SSSR count). The van der Waals surface area contributed by atoms with Gasteiger partial charge in [0.05, 0.1) is 6.57 Å². The quantitative estimate of drug-likeness (QED) is 0.124. The molecule has 0 fully saturated rings. The van der Waals surface area contributed by atoms with Gasteiger partial charge in [-0.3, -0.25) is 5.43 Å². The van der Waals surface area contributed by atoms with Gasteiger partial charge in [0.25, 0.3) is 0 Å². The molecule has 0 aliphatic heterocycles. The summed E-state index contributed by atoms with van der Waals surface area (Å²) in [6, 6.07) is 6.78. The predicted octanol–water partition coefficient (Wildman–Crippen LogP) is 6.71. The van der Waals surface area contributed by atoms with Gasteiger partial charge in [0.1, 0.15) is 0 Å². The number of nitrogens with zero attached hydrogens (tertiary/aromatic N) is 3. The van der Waals surface area contributed by atoms with Crippen LogP contribution in [0, 0.1) is 6.57 Å². The standard InChI is InChI=1S/C25H38N6O2S/c1-3-4-5-6-7-8-9-10-11-12-18-33-19-14-17-27-24(32)29-30-25-28-23(31-34-25)21-15-13-16-22(20-21)26-2/h13,15-16,20H,3-12,14,17-19H2,1H3,(H2,27,29,32)(H,28,30,31). The summed E-state index contributed by atoms with van der Waals surface area (Å²) in [5.41, 5.74) is 6.61.